The van der Waals surface area contributed by atoms with Crippen molar-refractivity contribution in [1.82, 2.24) is 9.47 Å². The molecule has 0 saturated carbocycles. The van der Waals surface area contributed by atoms with Gasteiger partial charge in [0.15, 0.2) is 0 Å². The van der Waals surface area contributed by atoms with E-state index in [0.717, 1.165) is 39.3 Å². The summed E-state index contributed by atoms with van der Waals surface area (Å²) in [6.45, 7) is 9.83. The summed E-state index contributed by atoms with van der Waals surface area (Å²) in [7, 11) is 0. The Bertz CT molecular complexity index is 1020. The van der Waals surface area contributed by atoms with Crippen LogP contribution in [0.5, 0.6) is 0 Å². The van der Waals surface area contributed by atoms with E-state index in [1.54, 1.807) is 13.0 Å². The molecule has 0 radical (unpaired) electrons. The summed E-state index contributed by atoms with van der Waals surface area (Å²) < 4.78 is 6.97. The number of nitrogens with zero attached hydrogens (tertiary/aromatic N) is 2. The van der Waals surface area contributed by atoms with Crippen molar-refractivity contribution >= 4 is 35.0 Å². The zero-order valence-corrected chi connectivity index (χ0v) is 18.7. The van der Waals surface area contributed by atoms with Gasteiger partial charge in [-0.15, -0.1) is 0 Å². The van der Waals surface area contributed by atoms with E-state index < -0.39 is 17.1 Å². The molecule has 0 aliphatic carbocycles. The fourth-order valence-electron chi connectivity index (χ4n) is 3.45. The number of amides is 2. The maximum atomic E-state index is 12.6. The van der Waals surface area contributed by atoms with E-state index in [4.69, 9.17) is 4.74 Å². The van der Waals surface area contributed by atoms with Crippen LogP contribution in [-0.2, 0) is 14.3 Å². The minimum atomic E-state index is -0.593. The Hall–Kier alpha value is -2.80. The number of aryl methyl sites for hydroxylation is 1. The zero-order valence-electron chi connectivity index (χ0n) is 17.9. The van der Waals surface area contributed by atoms with Gasteiger partial charge in [0, 0.05) is 17.1 Å². The maximum Gasteiger partial charge on any atom is 0.326 e. The van der Waals surface area contributed by atoms with E-state index >= 15 is 0 Å². The zero-order chi connectivity index (χ0) is 22.0. The first-order valence-electron chi connectivity index (χ1n) is 9.93. The van der Waals surface area contributed by atoms with Crippen molar-refractivity contribution in [2.24, 2.45) is 0 Å². The second kappa shape index (κ2) is 8.92. The van der Waals surface area contributed by atoms with E-state index in [1.165, 1.54) is 5.56 Å². The maximum absolute atomic E-state index is 12.6. The first-order valence-corrected chi connectivity index (χ1v) is 10.7. The summed E-state index contributed by atoms with van der Waals surface area (Å²) in [5, 5.41) is -0.461. The number of carbonyl (C=O) groups excluding carboxylic acids is 3. The molecule has 2 aromatic rings. The van der Waals surface area contributed by atoms with Crippen LogP contribution >= 0.6 is 11.8 Å². The van der Waals surface area contributed by atoms with Crippen molar-refractivity contribution in [3.8, 4) is 5.69 Å². The highest BCUT2D eigenvalue weighted by Crippen LogP contribution is 2.33. The highest BCUT2D eigenvalue weighted by atomic mass is 32.2. The molecule has 1 aromatic heterocycles. The Balaban J connectivity index is 1.88. The van der Waals surface area contributed by atoms with Gasteiger partial charge in [-0.25, -0.2) is 0 Å². The minimum absolute atomic E-state index is 0.203. The van der Waals surface area contributed by atoms with Gasteiger partial charge in [0.2, 0.25) is 0 Å². The lowest BCUT2D eigenvalue weighted by molar-refractivity contribution is -0.145. The van der Waals surface area contributed by atoms with Gasteiger partial charge >= 0.3 is 5.97 Å². The van der Waals surface area contributed by atoms with E-state index in [2.05, 4.69) is 42.7 Å². The molecule has 7 heteroatoms. The largest absolute Gasteiger partial charge is 0.465 e. The van der Waals surface area contributed by atoms with Crippen LogP contribution in [0.1, 0.15) is 49.2 Å². The van der Waals surface area contributed by atoms with Crippen molar-refractivity contribution in [3.05, 3.63) is 57.8 Å². The van der Waals surface area contributed by atoms with Crippen LogP contribution in [0.3, 0.4) is 0 Å². The van der Waals surface area contributed by atoms with Gasteiger partial charge in [0.1, 0.15) is 6.54 Å². The molecule has 2 heterocycles. The summed E-state index contributed by atoms with van der Waals surface area (Å²) in [6, 6.07) is 10.4. The molecule has 158 valence electrons. The molecule has 1 aromatic carbocycles. The molecule has 30 heavy (non-hydrogen) atoms. The van der Waals surface area contributed by atoms with Crippen molar-refractivity contribution in [3.63, 3.8) is 0 Å². The first kappa shape index (κ1) is 21.9. The van der Waals surface area contributed by atoms with Gasteiger partial charge in [-0.05, 0) is 73.9 Å². The lowest BCUT2D eigenvalue weighted by Crippen LogP contribution is -2.34. The standard InChI is InChI=1S/C23H26N2O4S/c1-6-29-21(26)13-24-22(27)20(30-23(24)28)12-18-11-15(4)25(16(18)5)19-9-7-17(8-10-19)14(2)3/h7-12,14H,6,13H2,1-5H3/b20-12+. The molecule has 0 atom stereocenters. The minimum Gasteiger partial charge on any atom is -0.465 e. The molecular formula is C23H26N2O4S. The summed E-state index contributed by atoms with van der Waals surface area (Å²) in [5.74, 6) is -0.597. The van der Waals surface area contributed by atoms with Crippen molar-refractivity contribution in [1.29, 1.82) is 0 Å². The van der Waals surface area contributed by atoms with Crippen LogP contribution < -0.4 is 0 Å². The second-order valence-corrected chi connectivity index (χ2v) is 8.47. The fourth-order valence-corrected chi connectivity index (χ4v) is 4.28. The third kappa shape index (κ3) is 4.36. The van der Waals surface area contributed by atoms with Crippen molar-refractivity contribution in [2.45, 2.75) is 40.5 Å². The third-order valence-electron chi connectivity index (χ3n) is 5.04. The lowest BCUT2D eigenvalue weighted by Gasteiger charge is -2.12. The number of hydrogen-bond donors (Lipinski definition) is 0. The Morgan fingerprint density at radius 3 is 2.43 bits per heavy atom. The summed E-state index contributed by atoms with van der Waals surface area (Å²) in [6.07, 6.45) is 1.72. The number of benzene rings is 1. The highest BCUT2D eigenvalue weighted by Gasteiger charge is 2.36. The molecule has 0 bridgehead atoms. The Morgan fingerprint density at radius 1 is 1.17 bits per heavy atom. The quantitative estimate of drug-likeness (QED) is 0.489. The van der Waals surface area contributed by atoms with Gasteiger partial charge in [-0.1, -0.05) is 26.0 Å². The van der Waals surface area contributed by atoms with Crippen LogP contribution in [0.4, 0.5) is 4.79 Å². The SMILES string of the molecule is CCOC(=O)CN1C(=O)S/C(=C/c2cc(C)n(-c3ccc(C(C)C)cc3)c2C)C1=O. The average molecular weight is 427 g/mol. The second-order valence-electron chi connectivity index (χ2n) is 7.48. The predicted molar refractivity (Wildman–Crippen MR) is 119 cm³/mol. The van der Waals surface area contributed by atoms with Crippen molar-refractivity contribution in [2.75, 3.05) is 13.2 Å². The summed E-state index contributed by atoms with van der Waals surface area (Å²) >= 11 is 0.843. The number of rotatable bonds is 6. The first-order chi connectivity index (χ1) is 14.2. The van der Waals surface area contributed by atoms with Gasteiger partial charge in [-0.3, -0.25) is 19.3 Å². The van der Waals surface area contributed by atoms with Gasteiger partial charge < -0.3 is 9.30 Å². The van der Waals surface area contributed by atoms with E-state index in [1.807, 2.05) is 19.9 Å². The molecule has 3 rings (SSSR count). The smallest absolute Gasteiger partial charge is 0.326 e. The number of imide groups is 1. The monoisotopic (exact) mass is 426 g/mol. The summed E-state index contributed by atoms with van der Waals surface area (Å²) in [5.41, 5.74) is 5.19. The van der Waals surface area contributed by atoms with E-state index in [0.29, 0.717) is 10.8 Å². The molecule has 0 N–H and O–H groups in total. The van der Waals surface area contributed by atoms with Crippen LogP contribution in [0.2, 0.25) is 0 Å². The number of aromatic nitrogens is 1. The third-order valence-corrected chi connectivity index (χ3v) is 5.95. The topological polar surface area (TPSA) is 68.6 Å². The Morgan fingerprint density at radius 2 is 1.83 bits per heavy atom. The van der Waals surface area contributed by atoms with Crippen LogP contribution in [0.25, 0.3) is 11.8 Å². The number of hydrogen-bond acceptors (Lipinski definition) is 5. The molecule has 1 aliphatic rings. The molecular weight excluding hydrogens is 400 g/mol. The van der Waals surface area contributed by atoms with E-state index in [9.17, 15) is 14.4 Å². The van der Waals surface area contributed by atoms with Crippen LogP contribution in [0, 0.1) is 13.8 Å². The molecule has 6 nitrogen and oxygen atoms in total. The number of esters is 1. The Labute approximate surface area is 180 Å². The lowest BCUT2D eigenvalue weighted by atomic mass is 10.0. The summed E-state index contributed by atoms with van der Waals surface area (Å²) in [4.78, 5) is 37.8. The molecule has 1 aliphatic heterocycles. The number of carbonyl (C=O) groups is 3. The fraction of sp³-hybridized carbons (Fsp3) is 0.348. The molecule has 0 spiro atoms. The normalized spacial score (nSPS) is 15.5. The van der Waals surface area contributed by atoms with E-state index in [-0.39, 0.29) is 13.2 Å². The molecule has 2 amide bonds. The van der Waals surface area contributed by atoms with Crippen molar-refractivity contribution < 1.29 is 19.1 Å². The Kier molecular flexibility index (Phi) is 6.51. The molecule has 1 fully saturated rings. The number of thioether (sulfide) groups is 1. The molecule has 1 saturated heterocycles. The molecule has 0 unspecified atom stereocenters. The van der Waals surface area contributed by atoms with Gasteiger partial charge in [-0.2, -0.15) is 0 Å². The predicted octanol–water partition coefficient (Wildman–Crippen LogP) is 4.82. The van der Waals surface area contributed by atoms with Crippen LogP contribution in [0.15, 0.2) is 35.2 Å². The number of ether oxygens (including phenoxy) is 1. The average Bonchev–Trinajstić information content (AvgIpc) is 3.12. The highest BCUT2D eigenvalue weighted by molar-refractivity contribution is 8.18. The van der Waals surface area contributed by atoms with Gasteiger partial charge in [0.05, 0.1) is 11.5 Å². The van der Waals surface area contributed by atoms with Crippen LogP contribution in [-0.4, -0.2) is 39.7 Å². The van der Waals surface area contributed by atoms with Gasteiger partial charge in [0.25, 0.3) is 11.1 Å².